The molecule has 1 saturated heterocycles. The van der Waals surface area contributed by atoms with Crippen molar-refractivity contribution in [2.75, 3.05) is 42.5 Å². The van der Waals surface area contributed by atoms with Gasteiger partial charge in [0.05, 0.1) is 23.7 Å². The molecule has 1 amide bonds. The van der Waals surface area contributed by atoms with Crippen LogP contribution < -0.4 is 20.7 Å². The highest BCUT2D eigenvalue weighted by Crippen LogP contribution is 2.25. The van der Waals surface area contributed by atoms with E-state index in [0.29, 0.717) is 18.7 Å². The smallest absolute Gasteiger partial charge is 0.335 e. The predicted octanol–water partition coefficient (Wildman–Crippen LogP) is 1.54. The normalized spacial score (nSPS) is 13.9. The molecule has 0 bridgehead atoms. The Bertz CT molecular complexity index is 1290. The molecule has 1 N–H and O–H groups in total. The molecule has 1 aliphatic rings. The first kappa shape index (κ1) is 20.7. The maximum atomic E-state index is 12.2. The highest BCUT2D eigenvalue weighted by atomic mass is 16.4. The van der Waals surface area contributed by atoms with E-state index in [0.717, 1.165) is 49.3 Å². The molecule has 0 spiro atoms. The van der Waals surface area contributed by atoms with Crippen molar-refractivity contribution in [3.63, 3.8) is 0 Å². The van der Waals surface area contributed by atoms with Crippen molar-refractivity contribution in [3.05, 3.63) is 77.2 Å². The maximum Gasteiger partial charge on any atom is 0.335 e. The number of para-hydroxylation sites is 1. The molecule has 3 aromatic heterocycles. The molecule has 0 aliphatic carbocycles. The van der Waals surface area contributed by atoms with Crippen LogP contribution in [-0.4, -0.2) is 58.4 Å². The van der Waals surface area contributed by atoms with Crippen molar-refractivity contribution < 1.29 is 9.21 Å². The third-order valence-corrected chi connectivity index (χ3v) is 5.69. The standard InChI is InChI=1S/C23H23N7O3/c31-20-7-6-17(15-33-20)23(32)24-8-9-30-22-19(14-27-30)21(25-16-26-22)29-12-10-28(11-13-29)18-4-2-1-3-5-18/h1-7,14-16H,8-13H2,(H,24,32). The number of carbonyl (C=O) groups excluding carboxylic acids is 1. The van der Waals surface area contributed by atoms with Crippen molar-refractivity contribution >= 4 is 28.4 Å². The molecule has 0 unspecified atom stereocenters. The summed E-state index contributed by atoms with van der Waals surface area (Å²) in [6, 6.07) is 13.1. The molecule has 10 heteroatoms. The van der Waals surface area contributed by atoms with Crippen LogP contribution in [0.1, 0.15) is 10.4 Å². The Balaban J connectivity index is 1.23. The van der Waals surface area contributed by atoms with E-state index in [-0.39, 0.29) is 5.91 Å². The molecule has 168 valence electrons. The molecule has 5 rings (SSSR count). The summed E-state index contributed by atoms with van der Waals surface area (Å²) in [5.41, 5.74) is 1.76. The summed E-state index contributed by atoms with van der Waals surface area (Å²) in [7, 11) is 0. The fraction of sp³-hybridized carbons (Fsp3) is 0.261. The SMILES string of the molecule is O=C(NCCn1ncc2c(N3CCN(c4ccccc4)CC3)ncnc21)c1ccc(=O)oc1. The summed E-state index contributed by atoms with van der Waals surface area (Å²) in [5.74, 6) is 0.559. The second kappa shape index (κ2) is 9.11. The molecule has 0 radical (unpaired) electrons. The molecule has 10 nitrogen and oxygen atoms in total. The number of carbonyl (C=O) groups is 1. The molecular weight excluding hydrogens is 422 g/mol. The van der Waals surface area contributed by atoms with E-state index < -0.39 is 5.63 Å². The number of rotatable bonds is 6. The number of hydrogen-bond donors (Lipinski definition) is 1. The lowest BCUT2D eigenvalue weighted by Crippen LogP contribution is -2.46. The molecule has 0 atom stereocenters. The highest BCUT2D eigenvalue weighted by molar-refractivity contribution is 5.93. The number of piperazine rings is 1. The van der Waals surface area contributed by atoms with Crippen LogP contribution in [0.5, 0.6) is 0 Å². The predicted molar refractivity (Wildman–Crippen MR) is 124 cm³/mol. The molecule has 4 heterocycles. The van der Waals surface area contributed by atoms with Gasteiger partial charge in [-0.25, -0.2) is 19.4 Å². The van der Waals surface area contributed by atoms with Crippen LogP contribution >= 0.6 is 0 Å². The maximum absolute atomic E-state index is 12.2. The van der Waals surface area contributed by atoms with Crippen molar-refractivity contribution in [2.45, 2.75) is 6.54 Å². The Morgan fingerprint density at radius 3 is 2.55 bits per heavy atom. The first-order valence-corrected chi connectivity index (χ1v) is 10.8. The second-order valence-electron chi connectivity index (χ2n) is 7.71. The van der Waals surface area contributed by atoms with Crippen LogP contribution in [0, 0.1) is 0 Å². The Morgan fingerprint density at radius 1 is 1.00 bits per heavy atom. The van der Waals surface area contributed by atoms with Crippen molar-refractivity contribution in [1.82, 2.24) is 25.1 Å². The van der Waals surface area contributed by atoms with Crippen LogP contribution in [0.2, 0.25) is 0 Å². The topological polar surface area (TPSA) is 109 Å². The average molecular weight is 445 g/mol. The zero-order chi connectivity index (χ0) is 22.6. The number of hydrogen-bond acceptors (Lipinski definition) is 8. The van der Waals surface area contributed by atoms with E-state index in [1.54, 1.807) is 17.2 Å². The molecule has 1 fully saturated rings. The van der Waals surface area contributed by atoms with Gasteiger partial charge in [0.25, 0.3) is 5.91 Å². The zero-order valence-corrected chi connectivity index (χ0v) is 17.9. The zero-order valence-electron chi connectivity index (χ0n) is 17.9. The van der Waals surface area contributed by atoms with E-state index in [2.05, 4.69) is 54.4 Å². The number of benzene rings is 1. The van der Waals surface area contributed by atoms with E-state index in [9.17, 15) is 9.59 Å². The van der Waals surface area contributed by atoms with Crippen LogP contribution in [0.3, 0.4) is 0 Å². The fourth-order valence-corrected chi connectivity index (χ4v) is 3.98. The average Bonchev–Trinajstić information content (AvgIpc) is 3.28. The first-order chi connectivity index (χ1) is 16.2. The Kier molecular flexibility index (Phi) is 5.71. The summed E-state index contributed by atoms with van der Waals surface area (Å²) in [5, 5.41) is 8.15. The van der Waals surface area contributed by atoms with E-state index in [1.807, 2.05) is 6.07 Å². The van der Waals surface area contributed by atoms with Gasteiger partial charge in [0, 0.05) is 44.5 Å². The Hall–Kier alpha value is -4.21. The molecule has 0 saturated carbocycles. The van der Waals surface area contributed by atoms with Gasteiger partial charge in [0.1, 0.15) is 18.4 Å². The van der Waals surface area contributed by atoms with Gasteiger partial charge in [-0.15, -0.1) is 0 Å². The van der Waals surface area contributed by atoms with Gasteiger partial charge in [-0.3, -0.25) is 4.79 Å². The lowest BCUT2D eigenvalue weighted by molar-refractivity contribution is 0.0949. The summed E-state index contributed by atoms with van der Waals surface area (Å²) in [4.78, 5) is 36.8. The minimum Gasteiger partial charge on any atom is -0.430 e. The van der Waals surface area contributed by atoms with Gasteiger partial charge in [0.2, 0.25) is 0 Å². The minimum absolute atomic E-state index is 0.291. The van der Waals surface area contributed by atoms with Crippen molar-refractivity contribution in [1.29, 1.82) is 0 Å². The molecule has 4 aromatic rings. The third kappa shape index (κ3) is 4.40. The summed E-state index contributed by atoms with van der Waals surface area (Å²) < 4.78 is 6.49. The molecule has 33 heavy (non-hydrogen) atoms. The lowest BCUT2D eigenvalue weighted by Gasteiger charge is -2.36. The minimum atomic E-state index is -0.494. The summed E-state index contributed by atoms with van der Waals surface area (Å²) in [6.07, 6.45) is 4.49. The quantitative estimate of drug-likeness (QED) is 0.476. The lowest BCUT2D eigenvalue weighted by atomic mass is 10.2. The summed E-state index contributed by atoms with van der Waals surface area (Å²) >= 11 is 0. The van der Waals surface area contributed by atoms with Gasteiger partial charge in [0.15, 0.2) is 5.65 Å². The molecular formula is C23H23N7O3. The Labute approximate surface area is 189 Å². The number of nitrogens with one attached hydrogen (secondary N) is 1. The van der Waals surface area contributed by atoms with Crippen LogP contribution in [0.25, 0.3) is 11.0 Å². The Morgan fingerprint density at radius 2 is 1.79 bits per heavy atom. The van der Waals surface area contributed by atoms with Gasteiger partial charge in [-0.2, -0.15) is 5.10 Å². The van der Waals surface area contributed by atoms with E-state index in [4.69, 9.17) is 4.42 Å². The first-order valence-electron chi connectivity index (χ1n) is 10.8. The number of fused-ring (bicyclic) bond motifs is 1. The van der Waals surface area contributed by atoms with Crippen molar-refractivity contribution in [2.24, 2.45) is 0 Å². The number of aromatic nitrogens is 4. The van der Waals surface area contributed by atoms with Crippen LogP contribution in [0.4, 0.5) is 11.5 Å². The number of amides is 1. The van der Waals surface area contributed by atoms with E-state index >= 15 is 0 Å². The van der Waals surface area contributed by atoms with Gasteiger partial charge in [-0.1, -0.05) is 18.2 Å². The summed E-state index contributed by atoms with van der Waals surface area (Å²) in [6.45, 7) is 4.34. The number of nitrogens with zero attached hydrogens (tertiary/aromatic N) is 6. The van der Waals surface area contributed by atoms with Gasteiger partial charge >= 0.3 is 5.63 Å². The molecule has 1 aromatic carbocycles. The highest BCUT2D eigenvalue weighted by Gasteiger charge is 2.21. The fourth-order valence-electron chi connectivity index (χ4n) is 3.98. The van der Waals surface area contributed by atoms with E-state index in [1.165, 1.54) is 17.8 Å². The van der Waals surface area contributed by atoms with Crippen molar-refractivity contribution in [3.8, 4) is 0 Å². The third-order valence-electron chi connectivity index (χ3n) is 5.69. The monoisotopic (exact) mass is 445 g/mol. The van der Waals surface area contributed by atoms with Gasteiger partial charge in [-0.05, 0) is 18.2 Å². The molecule has 1 aliphatic heterocycles. The van der Waals surface area contributed by atoms with Crippen LogP contribution in [-0.2, 0) is 6.54 Å². The van der Waals surface area contributed by atoms with Crippen LogP contribution in [0.15, 0.2) is 70.5 Å². The van der Waals surface area contributed by atoms with Gasteiger partial charge < -0.3 is 19.5 Å². The second-order valence-corrected chi connectivity index (χ2v) is 7.71. The number of anilines is 2. The largest absolute Gasteiger partial charge is 0.430 e.